The van der Waals surface area contributed by atoms with Gasteiger partial charge in [-0.1, -0.05) is 6.07 Å². The predicted molar refractivity (Wildman–Crippen MR) is 118 cm³/mol. The van der Waals surface area contributed by atoms with Crippen molar-refractivity contribution in [3.63, 3.8) is 0 Å². The first-order valence-electron chi connectivity index (χ1n) is 10.4. The summed E-state index contributed by atoms with van der Waals surface area (Å²) in [6.45, 7) is 6.20. The molecule has 10 heteroatoms. The topological polar surface area (TPSA) is 118 Å². The average molecular weight is 464 g/mol. The van der Waals surface area contributed by atoms with Gasteiger partial charge in [0.1, 0.15) is 11.4 Å². The van der Waals surface area contributed by atoms with E-state index in [9.17, 15) is 18.0 Å². The molecule has 174 valence electrons. The highest BCUT2D eigenvalue weighted by Crippen LogP contribution is 2.22. The van der Waals surface area contributed by atoms with E-state index in [2.05, 4.69) is 10.0 Å². The molecule has 1 aliphatic rings. The molecule has 0 spiro atoms. The maximum Gasteiger partial charge on any atom is 0.410 e. The Morgan fingerprint density at radius 3 is 2.69 bits per heavy atom. The van der Waals surface area contributed by atoms with Crippen molar-refractivity contribution >= 4 is 27.7 Å². The van der Waals surface area contributed by atoms with E-state index in [1.54, 1.807) is 49.9 Å². The SMILES string of the molecule is CC(C)(C)OC(=O)N1CCCC(C(=O)Nc2cccc(S(=O)(=O)NCc3ccco3)c2)C1. The highest BCUT2D eigenvalue weighted by atomic mass is 32.2. The highest BCUT2D eigenvalue weighted by molar-refractivity contribution is 7.89. The van der Waals surface area contributed by atoms with Crippen LogP contribution in [0.2, 0.25) is 0 Å². The first-order chi connectivity index (χ1) is 15.0. The molecule has 9 nitrogen and oxygen atoms in total. The zero-order valence-electron chi connectivity index (χ0n) is 18.5. The van der Waals surface area contributed by atoms with E-state index in [0.717, 1.165) is 0 Å². The van der Waals surface area contributed by atoms with Gasteiger partial charge in [-0.2, -0.15) is 0 Å². The molecule has 2 amide bonds. The minimum absolute atomic E-state index is 0.0223. The van der Waals surface area contributed by atoms with Crippen LogP contribution < -0.4 is 10.0 Å². The lowest BCUT2D eigenvalue weighted by Gasteiger charge is -2.33. The van der Waals surface area contributed by atoms with Crippen LogP contribution in [0.1, 0.15) is 39.4 Å². The summed E-state index contributed by atoms with van der Waals surface area (Å²) in [6, 6.07) is 9.38. The second-order valence-corrected chi connectivity index (χ2v) is 10.5. The van der Waals surface area contributed by atoms with E-state index in [0.29, 0.717) is 30.8 Å². The molecule has 0 aliphatic carbocycles. The van der Waals surface area contributed by atoms with Crippen molar-refractivity contribution in [1.82, 2.24) is 9.62 Å². The molecule has 1 aromatic heterocycles. The second-order valence-electron chi connectivity index (χ2n) is 8.69. The minimum Gasteiger partial charge on any atom is -0.468 e. The number of rotatable bonds is 6. The number of nitrogens with one attached hydrogen (secondary N) is 2. The fourth-order valence-corrected chi connectivity index (χ4v) is 4.37. The van der Waals surface area contributed by atoms with Crippen molar-refractivity contribution < 1.29 is 27.2 Å². The zero-order chi connectivity index (χ0) is 23.4. The van der Waals surface area contributed by atoms with Crippen molar-refractivity contribution in [2.24, 2.45) is 5.92 Å². The number of benzene rings is 1. The van der Waals surface area contributed by atoms with Gasteiger partial charge in [-0.25, -0.2) is 17.9 Å². The van der Waals surface area contributed by atoms with Crippen LogP contribution in [0.4, 0.5) is 10.5 Å². The van der Waals surface area contributed by atoms with Crippen molar-refractivity contribution in [3.8, 4) is 0 Å². The number of piperidine rings is 1. The van der Waals surface area contributed by atoms with E-state index in [-0.39, 0.29) is 23.9 Å². The van der Waals surface area contributed by atoms with Gasteiger partial charge < -0.3 is 19.4 Å². The number of likely N-dealkylation sites (tertiary alicyclic amines) is 1. The molecule has 1 aromatic carbocycles. The first kappa shape index (κ1) is 23.8. The van der Waals surface area contributed by atoms with Gasteiger partial charge in [-0.15, -0.1) is 0 Å². The summed E-state index contributed by atoms with van der Waals surface area (Å²) in [5.41, 5.74) is -0.242. The van der Waals surface area contributed by atoms with E-state index in [1.807, 2.05) is 0 Å². The van der Waals surface area contributed by atoms with E-state index in [1.165, 1.54) is 18.4 Å². The van der Waals surface area contributed by atoms with Crippen LogP contribution in [0.15, 0.2) is 52.0 Å². The van der Waals surface area contributed by atoms with Gasteiger partial charge in [-0.05, 0) is 63.9 Å². The first-order valence-corrected chi connectivity index (χ1v) is 11.9. The zero-order valence-corrected chi connectivity index (χ0v) is 19.3. The lowest BCUT2D eigenvalue weighted by molar-refractivity contribution is -0.121. The summed E-state index contributed by atoms with van der Waals surface area (Å²) in [7, 11) is -3.79. The van der Waals surface area contributed by atoms with Gasteiger partial charge in [0.05, 0.1) is 23.6 Å². The van der Waals surface area contributed by atoms with Crippen LogP contribution in [0.25, 0.3) is 0 Å². The number of sulfonamides is 1. The van der Waals surface area contributed by atoms with Gasteiger partial charge in [0.2, 0.25) is 15.9 Å². The Bertz CT molecular complexity index is 1040. The molecule has 0 bridgehead atoms. The fraction of sp³-hybridized carbons (Fsp3) is 0.455. The number of hydrogen-bond donors (Lipinski definition) is 2. The third-order valence-electron chi connectivity index (χ3n) is 4.87. The molecule has 1 atom stereocenters. The molecule has 1 saturated heterocycles. The van der Waals surface area contributed by atoms with Crippen LogP contribution in [0, 0.1) is 5.92 Å². The Kier molecular flexibility index (Phi) is 7.25. The molecule has 0 saturated carbocycles. The number of amides is 2. The third kappa shape index (κ3) is 6.57. The Morgan fingerprint density at radius 1 is 1.22 bits per heavy atom. The monoisotopic (exact) mass is 463 g/mol. The smallest absolute Gasteiger partial charge is 0.410 e. The second kappa shape index (κ2) is 9.74. The Morgan fingerprint density at radius 2 is 2.00 bits per heavy atom. The van der Waals surface area contributed by atoms with Crippen LogP contribution in [-0.4, -0.2) is 44.0 Å². The summed E-state index contributed by atoms with van der Waals surface area (Å²) in [5, 5.41) is 2.77. The maximum absolute atomic E-state index is 12.8. The summed E-state index contributed by atoms with van der Waals surface area (Å²) in [4.78, 5) is 26.7. The van der Waals surface area contributed by atoms with Crippen molar-refractivity contribution in [2.45, 2.75) is 50.7 Å². The van der Waals surface area contributed by atoms with Crippen LogP contribution >= 0.6 is 0 Å². The maximum atomic E-state index is 12.8. The lowest BCUT2D eigenvalue weighted by Crippen LogP contribution is -2.45. The van der Waals surface area contributed by atoms with Gasteiger partial charge >= 0.3 is 6.09 Å². The number of nitrogens with zero attached hydrogens (tertiary/aromatic N) is 1. The van der Waals surface area contributed by atoms with E-state index >= 15 is 0 Å². The quantitative estimate of drug-likeness (QED) is 0.678. The summed E-state index contributed by atoms with van der Waals surface area (Å²) in [5.74, 6) is -0.185. The predicted octanol–water partition coefficient (Wildman–Crippen LogP) is 3.34. The Labute approximate surface area is 188 Å². The normalized spacial score (nSPS) is 17.1. The summed E-state index contributed by atoms with van der Waals surface area (Å²) < 4.78 is 38.2. The number of anilines is 1. The minimum atomic E-state index is -3.79. The molecule has 1 unspecified atom stereocenters. The number of furan rings is 1. The summed E-state index contributed by atoms with van der Waals surface area (Å²) in [6.07, 6.45) is 2.34. The molecule has 2 aromatic rings. The number of carbonyl (C=O) groups excluding carboxylic acids is 2. The fourth-order valence-electron chi connectivity index (χ4n) is 3.33. The van der Waals surface area contributed by atoms with Crippen molar-refractivity contribution in [3.05, 3.63) is 48.4 Å². The molecular formula is C22H29N3O6S. The molecular weight excluding hydrogens is 434 g/mol. The van der Waals surface area contributed by atoms with Gasteiger partial charge in [0, 0.05) is 18.8 Å². The molecule has 3 rings (SSSR count). The standard InChI is InChI=1S/C22H29N3O6S/c1-22(2,3)31-21(27)25-11-5-7-16(15-25)20(26)24-17-8-4-10-19(13-17)32(28,29)23-14-18-9-6-12-30-18/h4,6,8-10,12-13,16,23H,5,7,11,14-15H2,1-3H3,(H,24,26). The molecule has 1 fully saturated rings. The molecule has 32 heavy (non-hydrogen) atoms. The van der Waals surface area contributed by atoms with E-state index < -0.39 is 27.6 Å². The largest absolute Gasteiger partial charge is 0.468 e. The number of carbonyl (C=O) groups is 2. The van der Waals surface area contributed by atoms with Gasteiger partial charge in [0.25, 0.3) is 0 Å². The summed E-state index contributed by atoms with van der Waals surface area (Å²) >= 11 is 0. The van der Waals surface area contributed by atoms with Crippen LogP contribution in [-0.2, 0) is 26.1 Å². The van der Waals surface area contributed by atoms with Gasteiger partial charge in [0.15, 0.2) is 0 Å². The van der Waals surface area contributed by atoms with Crippen molar-refractivity contribution in [2.75, 3.05) is 18.4 Å². The van der Waals surface area contributed by atoms with Gasteiger partial charge in [-0.3, -0.25) is 4.79 Å². The number of ether oxygens (including phenoxy) is 1. The number of hydrogen-bond acceptors (Lipinski definition) is 6. The third-order valence-corrected chi connectivity index (χ3v) is 6.27. The van der Waals surface area contributed by atoms with Crippen molar-refractivity contribution in [1.29, 1.82) is 0 Å². The molecule has 2 N–H and O–H groups in total. The molecule has 0 radical (unpaired) electrons. The van der Waals surface area contributed by atoms with Crippen LogP contribution in [0.3, 0.4) is 0 Å². The lowest BCUT2D eigenvalue weighted by atomic mass is 9.97. The molecule has 2 heterocycles. The van der Waals surface area contributed by atoms with Crippen LogP contribution in [0.5, 0.6) is 0 Å². The average Bonchev–Trinajstić information content (AvgIpc) is 3.25. The Hall–Kier alpha value is -2.85. The van der Waals surface area contributed by atoms with E-state index in [4.69, 9.17) is 9.15 Å². The molecule has 1 aliphatic heterocycles. The Balaban J connectivity index is 1.62. The highest BCUT2D eigenvalue weighted by Gasteiger charge is 2.31.